The van der Waals surface area contributed by atoms with Crippen molar-refractivity contribution in [3.05, 3.63) is 0 Å². The highest BCUT2D eigenvalue weighted by atomic mass is 32.2. The fraction of sp³-hybridized carbons (Fsp3) is 0.818. The minimum atomic E-state index is -0.384. The molecule has 0 aromatic rings. The summed E-state index contributed by atoms with van der Waals surface area (Å²) in [5.74, 6) is 1.40. The number of amides is 2. The fourth-order valence-corrected chi connectivity index (χ4v) is 2.57. The van der Waals surface area contributed by atoms with Gasteiger partial charge in [0.05, 0.1) is 0 Å². The normalized spacial score (nSPS) is 27.9. The van der Waals surface area contributed by atoms with Gasteiger partial charge in [-0.15, -0.1) is 0 Å². The Bertz CT molecular complexity index is 283. The van der Waals surface area contributed by atoms with E-state index in [1.807, 2.05) is 6.26 Å². The number of rotatable bonds is 4. The average molecular weight is 244 g/mol. The summed E-state index contributed by atoms with van der Waals surface area (Å²) in [6.45, 7) is 6.29. The molecular weight excluding hydrogens is 224 g/mol. The Morgan fingerprint density at radius 2 is 2.06 bits per heavy atom. The molecule has 5 heteroatoms. The molecule has 0 aliphatic carbocycles. The molecule has 2 amide bonds. The van der Waals surface area contributed by atoms with Crippen molar-refractivity contribution in [2.45, 2.75) is 32.9 Å². The Balaban J connectivity index is 2.67. The molecule has 1 aliphatic rings. The Morgan fingerprint density at radius 3 is 2.62 bits per heavy atom. The predicted molar refractivity (Wildman–Crippen MR) is 66.3 cm³/mol. The molecular formula is C11H20N2O2S. The lowest BCUT2D eigenvalue weighted by Crippen LogP contribution is -2.62. The molecule has 0 radical (unpaired) electrons. The van der Waals surface area contributed by atoms with Crippen LogP contribution in [0.5, 0.6) is 0 Å². The third kappa shape index (κ3) is 2.90. The number of carbonyl (C=O) groups is 2. The molecule has 1 rings (SSSR count). The maximum absolute atomic E-state index is 11.9. The Hall–Kier alpha value is -0.710. The SMILES string of the molecule is CSCC(C)CN1C(=O)C(C)NC(=O)C1C. The van der Waals surface area contributed by atoms with Gasteiger partial charge in [0.15, 0.2) is 0 Å². The first-order chi connectivity index (χ1) is 7.47. The monoisotopic (exact) mass is 244 g/mol. The van der Waals surface area contributed by atoms with Crippen molar-refractivity contribution < 1.29 is 9.59 Å². The Kier molecular flexibility index (Phi) is 4.65. The Labute approximate surface area is 101 Å². The van der Waals surface area contributed by atoms with Crippen molar-refractivity contribution in [1.82, 2.24) is 10.2 Å². The molecule has 3 atom stereocenters. The molecule has 0 bridgehead atoms. The molecule has 4 nitrogen and oxygen atoms in total. The number of hydrogen-bond acceptors (Lipinski definition) is 3. The van der Waals surface area contributed by atoms with E-state index in [-0.39, 0.29) is 23.9 Å². The molecule has 1 N–H and O–H groups in total. The van der Waals surface area contributed by atoms with E-state index in [4.69, 9.17) is 0 Å². The maximum Gasteiger partial charge on any atom is 0.245 e. The summed E-state index contributed by atoms with van der Waals surface area (Å²) in [7, 11) is 0. The van der Waals surface area contributed by atoms with Gasteiger partial charge in [-0.05, 0) is 31.8 Å². The molecule has 3 unspecified atom stereocenters. The van der Waals surface area contributed by atoms with Gasteiger partial charge in [-0.1, -0.05) is 6.92 Å². The smallest absolute Gasteiger partial charge is 0.245 e. The minimum absolute atomic E-state index is 0.0278. The number of nitrogens with one attached hydrogen (secondary N) is 1. The molecule has 1 fully saturated rings. The van der Waals surface area contributed by atoms with Crippen LogP contribution in [0.25, 0.3) is 0 Å². The van der Waals surface area contributed by atoms with Crippen LogP contribution in [-0.2, 0) is 9.59 Å². The second-order valence-corrected chi connectivity index (χ2v) is 5.37. The number of piperazine rings is 1. The van der Waals surface area contributed by atoms with Crippen molar-refractivity contribution in [3.8, 4) is 0 Å². The van der Waals surface area contributed by atoms with Crippen LogP contribution < -0.4 is 5.32 Å². The van der Waals surface area contributed by atoms with Crippen molar-refractivity contribution in [1.29, 1.82) is 0 Å². The summed E-state index contributed by atoms with van der Waals surface area (Å²) in [6, 6.07) is -0.724. The molecule has 0 aromatic carbocycles. The van der Waals surface area contributed by atoms with E-state index in [1.165, 1.54) is 0 Å². The van der Waals surface area contributed by atoms with E-state index in [0.717, 1.165) is 5.75 Å². The highest BCUT2D eigenvalue weighted by molar-refractivity contribution is 7.98. The first-order valence-electron chi connectivity index (χ1n) is 5.57. The molecule has 1 heterocycles. The number of thioether (sulfide) groups is 1. The van der Waals surface area contributed by atoms with E-state index in [1.54, 1.807) is 30.5 Å². The van der Waals surface area contributed by atoms with Crippen LogP contribution in [0.2, 0.25) is 0 Å². The van der Waals surface area contributed by atoms with Crippen LogP contribution >= 0.6 is 11.8 Å². The standard InChI is InChI=1S/C11H20N2O2S/c1-7(6-16-4)5-13-9(3)10(14)12-8(2)11(13)15/h7-9H,5-6H2,1-4H3,(H,12,14). The van der Waals surface area contributed by atoms with Crippen LogP contribution in [0.4, 0.5) is 0 Å². The highest BCUT2D eigenvalue weighted by Gasteiger charge is 2.35. The van der Waals surface area contributed by atoms with Gasteiger partial charge in [-0.3, -0.25) is 9.59 Å². The van der Waals surface area contributed by atoms with Gasteiger partial charge < -0.3 is 10.2 Å². The first kappa shape index (κ1) is 13.4. The van der Waals surface area contributed by atoms with Crippen molar-refractivity contribution in [2.24, 2.45) is 5.92 Å². The Morgan fingerprint density at radius 1 is 1.44 bits per heavy atom. The van der Waals surface area contributed by atoms with Gasteiger partial charge in [0.2, 0.25) is 11.8 Å². The summed E-state index contributed by atoms with van der Waals surface area (Å²) in [6.07, 6.45) is 2.05. The van der Waals surface area contributed by atoms with E-state index < -0.39 is 0 Å². The second kappa shape index (κ2) is 5.57. The van der Waals surface area contributed by atoms with Gasteiger partial charge in [0, 0.05) is 6.54 Å². The number of carbonyl (C=O) groups excluding carboxylic acids is 2. The molecule has 0 aromatic heterocycles. The molecule has 0 spiro atoms. The highest BCUT2D eigenvalue weighted by Crippen LogP contribution is 2.14. The summed E-state index contributed by atoms with van der Waals surface area (Å²) in [5, 5.41) is 2.68. The lowest BCUT2D eigenvalue weighted by molar-refractivity contribution is -0.148. The topological polar surface area (TPSA) is 49.4 Å². The summed E-state index contributed by atoms with van der Waals surface area (Å²) in [5.41, 5.74) is 0. The van der Waals surface area contributed by atoms with Crippen LogP contribution in [0.1, 0.15) is 20.8 Å². The lowest BCUT2D eigenvalue weighted by atomic mass is 10.1. The van der Waals surface area contributed by atoms with E-state index in [2.05, 4.69) is 12.2 Å². The molecule has 1 saturated heterocycles. The zero-order valence-corrected chi connectivity index (χ0v) is 11.1. The van der Waals surface area contributed by atoms with Crippen molar-refractivity contribution in [2.75, 3.05) is 18.6 Å². The van der Waals surface area contributed by atoms with Crippen molar-refractivity contribution >= 4 is 23.6 Å². The quantitative estimate of drug-likeness (QED) is 0.793. The lowest BCUT2D eigenvalue weighted by Gasteiger charge is -2.37. The van der Waals surface area contributed by atoms with Gasteiger partial charge in [-0.25, -0.2) is 0 Å². The summed E-state index contributed by atoms with van der Waals surface area (Å²) < 4.78 is 0. The van der Waals surface area contributed by atoms with E-state index in [0.29, 0.717) is 12.5 Å². The third-order valence-electron chi connectivity index (χ3n) is 2.82. The summed E-state index contributed by atoms with van der Waals surface area (Å²) in [4.78, 5) is 25.2. The third-order valence-corrected chi connectivity index (χ3v) is 3.72. The minimum Gasteiger partial charge on any atom is -0.343 e. The van der Waals surface area contributed by atoms with Gasteiger partial charge in [-0.2, -0.15) is 11.8 Å². The molecule has 1 aliphatic heterocycles. The van der Waals surface area contributed by atoms with Gasteiger partial charge in [0.1, 0.15) is 12.1 Å². The average Bonchev–Trinajstić information content (AvgIpc) is 2.22. The maximum atomic E-state index is 11.9. The van der Waals surface area contributed by atoms with Crippen LogP contribution in [0.3, 0.4) is 0 Å². The zero-order chi connectivity index (χ0) is 12.3. The molecule has 0 saturated carbocycles. The van der Waals surface area contributed by atoms with Crippen LogP contribution in [-0.4, -0.2) is 47.4 Å². The van der Waals surface area contributed by atoms with Crippen molar-refractivity contribution in [3.63, 3.8) is 0 Å². The van der Waals surface area contributed by atoms with Crippen LogP contribution in [0, 0.1) is 5.92 Å². The largest absolute Gasteiger partial charge is 0.343 e. The van der Waals surface area contributed by atoms with E-state index in [9.17, 15) is 9.59 Å². The number of hydrogen-bond donors (Lipinski definition) is 1. The van der Waals surface area contributed by atoms with Gasteiger partial charge >= 0.3 is 0 Å². The first-order valence-corrected chi connectivity index (χ1v) is 6.96. The van der Waals surface area contributed by atoms with Gasteiger partial charge in [0.25, 0.3) is 0 Å². The summed E-state index contributed by atoms with van der Waals surface area (Å²) >= 11 is 1.76. The second-order valence-electron chi connectivity index (χ2n) is 4.46. The molecule has 92 valence electrons. The van der Waals surface area contributed by atoms with E-state index >= 15 is 0 Å². The molecule has 16 heavy (non-hydrogen) atoms. The zero-order valence-electron chi connectivity index (χ0n) is 10.3. The van der Waals surface area contributed by atoms with Crippen LogP contribution in [0.15, 0.2) is 0 Å². The fourth-order valence-electron chi connectivity index (χ4n) is 1.90. The predicted octanol–water partition coefficient (Wildman–Crippen LogP) is 0.721. The number of nitrogens with zero attached hydrogens (tertiary/aromatic N) is 1.